The topological polar surface area (TPSA) is 81.9 Å². The van der Waals surface area contributed by atoms with Crippen LogP contribution in [0.1, 0.15) is 28.5 Å². The highest BCUT2D eigenvalue weighted by Gasteiger charge is 2.29. The van der Waals surface area contributed by atoms with Crippen LogP contribution < -0.4 is 5.32 Å². The summed E-state index contributed by atoms with van der Waals surface area (Å²) < 4.78 is 7.65. The largest absolute Gasteiger partial charge is 0.461 e. The first-order valence-corrected chi connectivity index (χ1v) is 9.96. The molecule has 7 nitrogen and oxygen atoms in total. The summed E-state index contributed by atoms with van der Waals surface area (Å²) in [5.41, 5.74) is 4.62. The predicted octanol–water partition coefficient (Wildman–Crippen LogP) is 4.31. The molecule has 0 spiro atoms. The molecule has 1 aromatic carbocycles. The lowest BCUT2D eigenvalue weighted by Crippen LogP contribution is -2.12. The number of carbonyl (C=O) groups excluding carboxylic acids is 1. The normalized spacial score (nSPS) is 12.3. The van der Waals surface area contributed by atoms with Crippen LogP contribution in [0.3, 0.4) is 0 Å². The molecule has 0 bridgehead atoms. The van der Waals surface area contributed by atoms with Crippen LogP contribution in [0, 0.1) is 0 Å². The van der Waals surface area contributed by atoms with Gasteiger partial charge < -0.3 is 10.1 Å². The van der Waals surface area contributed by atoms with E-state index in [9.17, 15) is 4.79 Å². The molecule has 1 aliphatic carbocycles. The average molecular weight is 463 g/mol. The number of aryl methyl sites for hydroxylation is 2. The van der Waals surface area contributed by atoms with Crippen LogP contribution in [0.2, 0.25) is 5.02 Å². The van der Waals surface area contributed by atoms with Crippen molar-refractivity contribution in [2.24, 2.45) is 7.05 Å². The van der Waals surface area contributed by atoms with E-state index in [0.29, 0.717) is 29.7 Å². The van der Waals surface area contributed by atoms with Crippen molar-refractivity contribution < 1.29 is 9.53 Å². The van der Waals surface area contributed by atoms with Gasteiger partial charge in [0, 0.05) is 29.0 Å². The zero-order valence-electron chi connectivity index (χ0n) is 15.3. The molecule has 0 aliphatic heterocycles. The number of nitrogens with one attached hydrogen (secondary N) is 1. The number of ether oxygens (including phenoxy) is 1. The van der Waals surface area contributed by atoms with Crippen LogP contribution in [-0.4, -0.2) is 32.3 Å². The molecule has 0 saturated carbocycles. The molecule has 1 aliphatic rings. The quantitative estimate of drug-likeness (QED) is 0.582. The van der Waals surface area contributed by atoms with Crippen molar-refractivity contribution in [2.45, 2.75) is 19.8 Å². The Morgan fingerprint density at radius 2 is 2.21 bits per heavy atom. The lowest BCUT2D eigenvalue weighted by atomic mass is 9.93. The van der Waals surface area contributed by atoms with E-state index in [1.165, 1.54) is 0 Å². The van der Waals surface area contributed by atoms with Crippen molar-refractivity contribution in [3.8, 4) is 11.4 Å². The molecule has 2 aromatic heterocycles. The number of halogens is 2. The molecule has 4 rings (SSSR count). The summed E-state index contributed by atoms with van der Waals surface area (Å²) >= 11 is 9.53. The van der Waals surface area contributed by atoms with Crippen LogP contribution in [0.4, 0.5) is 11.6 Å². The van der Waals surface area contributed by atoms with Crippen molar-refractivity contribution >= 4 is 45.1 Å². The van der Waals surface area contributed by atoms with Gasteiger partial charge in [-0.2, -0.15) is 5.10 Å². The summed E-state index contributed by atoms with van der Waals surface area (Å²) in [6.07, 6.45) is 3.25. The van der Waals surface area contributed by atoms with Crippen molar-refractivity contribution in [1.29, 1.82) is 0 Å². The first-order chi connectivity index (χ1) is 13.5. The summed E-state index contributed by atoms with van der Waals surface area (Å²) in [5.74, 6) is 0.0450. The van der Waals surface area contributed by atoms with E-state index in [2.05, 4.69) is 31.3 Å². The minimum atomic E-state index is -0.403. The molecule has 0 atom stereocenters. The smallest absolute Gasteiger partial charge is 0.359 e. The fraction of sp³-hybridized carbons (Fsp3) is 0.263. The van der Waals surface area contributed by atoms with Crippen molar-refractivity contribution in [3.05, 3.63) is 50.7 Å². The maximum atomic E-state index is 12.2. The standard InChI is InChI=1S/C19H17BrClN5O2/c1-3-28-18(27)16-12-6-4-10-9-22-19(24-15(10)17(12)26(2)25-16)23-11-5-7-13(20)14(21)8-11/h5,7-9H,3-4,6H2,1-2H3,(H,22,23,24). The second kappa shape index (κ2) is 7.52. The van der Waals surface area contributed by atoms with Crippen molar-refractivity contribution in [3.63, 3.8) is 0 Å². The van der Waals surface area contributed by atoms with Crippen LogP contribution in [0.5, 0.6) is 0 Å². The summed E-state index contributed by atoms with van der Waals surface area (Å²) in [7, 11) is 1.81. The van der Waals surface area contributed by atoms with Crippen LogP contribution in [0.15, 0.2) is 28.9 Å². The van der Waals surface area contributed by atoms with Gasteiger partial charge in [0.05, 0.1) is 23.0 Å². The molecule has 0 unspecified atom stereocenters. The first-order valence-electron chi connectivity index (χ1n) is 8.79. The van der Waals surface area contributed by atoms with Gasteiger partial charge in [-0.05, 0) is 59.5 Å². The van der Waals surface area contributed by atoms with Gasteiger partial charge in [-0.15, -0.1) is 0 Å². The Morgan fingerprint density at radius 1 is 1.39 bits per heavy atom. The molecule has 3 aromatic rings. The molecular weight excluding hydrogens is 446 g/mol. The Labute approximate surface area is 175 Å². The highest BCUT2D eigenvalue weighted by molar-refractivity contribution is 9.10. The Bertz CT molecular complexity index is 1080. The fourth-order valence-corrected chi connectivity index (χ4v) is 3.71. The second-order valence-corrected chi connectivity index (χ2v) is 7.60. The maximum Gasteiger partial charge on any atom is 0.359 e. The number of benzene rings is 1. The monoisotopic (exact) mass is 461 g/mol. The van der Waals surface area contributed by atoms with E-state index >= 15 is 0 Å². The third-order valence-electron chi connectivity index (χ3n) is 4.52. The summed E-state index contributed by atoms with van der Waals surface area (Å²) in [6.45, 7) is 2.09. The highest BCUT2D eigenvalue weighted by Crippen LogP contribution is 2.34. The molecule has 2 heterocycles. The van der Waals surface area contributed by atoms with Crippen LogP contribution in [0.25, 0.3) is 11.4 Å². The first kappa shape index (κ1) is 18.9. The number of rotatable bonds is 4. The molecule has 0 fully saturated rings. The minimum absolute atomic E-state index is 0.312. The van der Waals surface area contributed by atoms with E-state index in [1.807, 2.05) is 18.3 Å². The van der Waals surface area contributed by atoms with Gasteiger partial charge >= 0.3 is 5.97 Å². The zero-order valence-corrected chi connectivity index (χ0v) is 17.6. The lowest BCUT2D eigenvalue weighted by Gasteiger charge is -2.17. The summed E-state index contributed by atoms with van der Waals surface area (Å²) in [4.78, 5) is 21.4. The number of fused-ring (bicyclic) bond motifs is 3. The molecule has 9 heteroatoms. The molecule has 144 valence electrons. The fourth-order valence-electron chi connectivity index (χ4n) is 3.28. The summed E-state index contributed by atoms with van der Waals surface area (Å²) in [5, 5.41) is 8.15. The number of carbonyl (C=O) groups is 1. The number of hydrogen-bond acceptors (Lipinski definition) is 6. The predicted molar refractivity (Wildman–Crippen MR) is 110 cm³/mol. The number of aromatic nitrogens is 4. The van der Waals surface area contributed by atoms with E-state index in [-0.39, 0.29) is 0 Å². The van der Waals surface area contributed by atoms with Gasteiger partial charge in [0.2, 0.25) is 5.95 Å². The van der Waals surface area contributed by atoms with Crippen molar-refractivity contribution in [2.75, 3.05) is 11.9 Å². The lowest BCUT2D eigenvalue weighted by molar-refractivity contribution is 0.0517. The van der Waals surface area contributed by atoms with Gasteiger partial charge in [0.1, 0.15) is 0 Å². The summed E-state index contributed by atoms with van der Waals surface area (Å²) in [6, 6.07) is 5.53. The third kappa shape index (κ3) is 3.38. The molecule has 0 saturated heterocycles. The zero-order chi connectivity index (χ0) is 19.8. The van der Waals surface area contributed by atoms with Gasteiger partial charge in [0.15, 0.2) is 5.69 Å². The Morgan fingerprint density at radius 3 is 2.96 bits per heavy atom. The Hall–Kier alpha value is -2.45. The molecule has 1 N–H and O–H groups in total. The maximum absolute atomic E-state index is 12.2. The number of hydrogen-bond donors (Lipinski definition) is 1. The van der Waals surface area contributed by atoms with Crippen molar-refractivity contribution in [1.82, 2.24) is 19.7 Å². The average Bonchev–Trinajstić information content (AvgIpc) is 3.02. The highest BCUT2D eigenvalue weighted by atomic mass is 79.9. The molecule has 0 amide bonds. The van der Waals surface area contributed by atoms with Gasteiger partial charge in [0.25, 0.3) is 0 Å². The van der Waals surface area contributed by atoms with Gasteiger partial charge in [-0.1, -0.05) is 11.6 Å². The van der Waals surface area contributed by atoms with E-state index < -0.39 is 5.97 Å². The van der Waals surface area contributed by atoms with Crippen LogP contribution >= 0.6 is 27.5 Å². The van der Waals surface area contributed by atoms with Gasteiger partial charge in [-0.3, -0.25) is 4.68 Å². The Kier molecular flexibility index (Phi) is 5.07. The van der Waals surface area contributed by atoms with E-state index in [1.54, 1.807) is 24.7 Å². The SMILES string of the molecule is CCOC(=O)c1nn(C)c2c1CCc1cnc(Nc3ccc(Br)c(Cl)c3)nc1-2. The number of nitrogens with zero attached hydrogens (tertiary/aromatic N) is 4. The van der Waals surface area contributed by atoms with E-state index in [4.69, 9.17) is 21.3 Å². The number of esters is 1. The minimum Gasteiger partial charge on any atom is -0.461 e. The van der Waals surface area contributed by atoms with Gasteiger partial charge in [-0.25, -0.2) is 14.8 Å². The second-order valence-electron chi connectivity index (χ2n) is 6.34. The van der Waals surface area contributed by atoms with Crippen LogP contribution in [-0.2, 0) is 24.6 Å². The van der Waals surface area contributed by atoms with E-state index in [0.717, 1.165) is 39.1 Å². The molecule has 28 heavy (non-hydrogen) atoms. The Balaban J connectivity index is 1.72. The number of anilines is 2. The molecule has 0 radical (unpaired) electrons. The molecular formula is C19H17BrClN5O2. The third-order valence-corrected chi connectivity index (χ3v) is 5.76.